The first-order valence-electron chi connectivity index (χ1n) is 14.5. The molecule has 0 saturated heterocycles. The second-order valence-electron chi connectivity index (χ2n) is 10.9. The number of hydrogen-bond acceptors (Lipinski definition) is 5. The van der Waals surface area contributed by atoms with Crippen molar-refractivity contribution >= 4 is 27.5 Å². The van der Waals surface area contributed by atoms with Crippen LogP contribution in [-0.2, 0) is 26.2 Å². The largest absolute Gasteiger partial charge is 0.497 e. The summed E-state index contributed by atoms with van der Waals surface area (Å²) in [6, 6.07) is 20.2. The Kier molecular flexibility index (Phi) is 10.3. The number of nitrogens with zero attached hydrogens (tertiary/aromatic N) is 2. The number of amides is 2. The Labute approximate surface area is 249 Å². The van der Waals surface area contributed by atoms with Gasteiger partial charge in [-0.1, -0.05) is 67.3 Å². The summed E-state index contributed by atoms with van der Waals surface area (Å²) in [4.78, 5) is 29.4. The van der Waals surface area contributed by atoms with Crippen LogP contribution >= 0.6 is 0 Å². The number of hydrogen-bond donors (Lipinski definition) is 1. The van der Waals surface area contributed by atoms with E-state index in [9.17, 15) is 18.0 Å². The summed E-state index contributed by atoms with van der Waals surface area (Å²) >= 11 is 0. The van der Waals surface area contributed by atoms with Crippen molar-refractivity contribution in [3.63, 3.8) is 0 Å². The molecule has 3 aromatic rings. The van der Waals surface area contributed by atoms with Crippen LogP contribution in [0.2, 0.25) is 0 Å². The summed E-state index contributed by atoms with van der Waals surface area (Å²) in [6.07, 6.45) is 4.35. The first-order chi connectivity index (χ1) is 20.1. The lowest BCUT2D eigenvalue weighted by Crippen LogP contribution is -2.53. The van der Waals surface area contributed by atoms with E-state index in [4.69, 9.17) is 4.74 Å². The minimum Gasteiger partial charge on any atom is -0.497 e. The van der Waals surface area contributed by atoms with Gasteiger partial charge in [-0.3, -0.25) is 13.9 Å². The number of anilines is 1. The van der Waals surface area contributed by atoms with E-state index in [1.807, 2.05) is 57.2 Å². The normalized spacial score (nSPS) is 14.3. The number of carbonyl (C=O) groups excluding carboxylic acids is 2. The Bertz CT molecular complexity index is 1470. The number of carbonyl (C=O) groups is 2. The zero-order valence-electron chi connectivity index (χ0n) is 24.9. The highest BCUT2D eigenvalue weighted by Crippen LogP contribution is 2.26. The highest BCUT2D eigenvalue weighted by atomic mass is 32.2. The number of nitrogens with one attached hydrogen (secondary N) is 1. The predicted molar refractivity (Wildman–Crippen MR) is 165 cm³/mol. The van der Waals surface area contributed by atoms with E-state index >= 15 is 0 Å². The summed E-state index contributed by atoms with van der Waals surface area (Å²) in [5, 5.41) is 3.14. The summed E-state index contributed by atoms with van der Waals surface area (Å²) < 4.78 is 34.5. The Morgan fingerprint density at radius 2 is 1.57 bits per heavy atom. The van der Waals surface area contributed by atoms with Gasteiger partial charge < -0.3 is 15.0 Å². The van der Waals surface area contributed by atoms with Crippen LogP contribution < -0.4 is 14.4 Å². The minimum atomic E-state index is -4.10. The third-order valence-corrected chi connectivity index (χ3v) is 9.57. The molecule has 0 heterocycles. The molecule has 4 rings (SSSR count). The first kappa shape index (κ1) is 31.1. The van der Waals surface area contributed by atoms with Crippen LogP contribution in [0.1, 0.15) is 55.7 Å². The molecule has 2 amide bonds. The quantitative estimate of drug-likeness (QED) is 0.305. The highest BCUT2D eigenvalue weighted by molar-refractivity contribution is 7.92. The molecule has 0 aromatic heterocycles. The molecule has 0 aliphatic heterocycles. The maximum Gasteiger partial charge on any atom is 0.264 e. The summed E-state index contributed by atoms with van der Waals surface area (Å²) in [5.41, 5.74) is 3.04. The van der Waals surface area contributed by atoms with Crippen molar-refractivity contribution in [1.29, 1.82) is 0 Å². The number of sulfonamides is 1. The van der Waals surface area contributed by atoms with Crippen molar-refractivity contribution in [2.75, 3.05) is 18.0 Å². The van der Waals surface area contributed by atoms with Crippen LogP contribution in [-0.4, -0.2) is 50.9 Å². The Hall–Kier alpha value is -3.85. The van der Waals surface area contributed by atoms with Crippen LogP contribution in [0.25, 0.3) is 0 Å². The van der Waals surface area contributed by atoms with Crippen LogP contribution in [0.3, 0.4) is 0 Å². The average molecular weight is 592 g/mol. The molecule has 1 N–H and O–H groups in total. The maximum atomic E-state index is 14.2. The Morgan fingerprint density at radius 3 is 2.17 bits per heavy atom. The van der Waals surface area contributed by atoms with Gasteiger partial charge in [0, 0.05) is 12.6 Å². The summed E-state index contributed by atoms with van der Waals surface area (Å²) in [5.74, 6) is -0.0574. The molecule has 1 fully saturated rings. The summed E-state index contributed by atoms with van der Waals surface area (Å²) in [7, 11) is -2.53. The molecule has 1 saturated carbocycles. The predicted octanol–water partition coefficient (Wildman–Crippen LogP) is 5.37. The molecule has 1 aliphatic carbocycles. The third kappa shape index (κ3) is 7.50. The molecule has 1 aliphatic rings. The van der Waals surface area contributed by atoms with Gasteiger partial charge in [0.1, 0.15) is 18.3 Å². The molecule has 0 bridgehead atoms. The van der Waals surface area contributed by atoms with Gasteiger partial charge in [-0.2, -0.15) is 0 Å². The van der Waals surface area contributed by atoms with Crippen molar-refractivity contribution in [2.45, 2.75) is 76.4 Å². The highest BCUT2D eigenvalue weighted by Gasteiger charge is 2.34. The van der Waals surface area contributed by atoms with Gasteiger partial charge in [0.2, 0.25) is 11.8 Å². The van der Waals surface area contributed by atoms with Crippen molar-refractivity contribution in [1.82, 2.24) is 10.2 Å². The number of aryl methyl sites for hydroxylation is 2. The van der Waals surface area contributed by atoms with Gasteiger partial charge in [-0.25, -0.2) is 8.42 Å². The van der Waals surface area contributed by atoms with Crippen molar-refractivity contribution in [3.05, 3.63) is 89.5 Å². The second-order valence-corrected chi connectivity index (χ2v) is 12.8. The fraction of sp³-hybridized carbons (Fsp3) is 0.394. The molecule has 8 nitrogen and oxygen atoms in total. The molecule has 9 heteroatoms. The van der Waals surface area contributed by atoms with Gasteiger partial charge in [0.15, 0.2) is 0 Å². The van der Waals surface area contributed by atoms with Crippen LogP contribution in [0.4, 0.5) is 5.69 Å². The number of ether oxygens (including phenoxy) is 1. The molecule has 1 unspecified atom stereocenters. The van der Waals surface area contributed by atoms with E-state index in [1.54, 1.807) is 43.5 Å². The lowest BCUT2D eigenvalue weighted by atomic mass is 10.1. The molecular weight excluding hydrogens is 550 g/mol. The standard InChI is InChI=1S/C33H41N3O5S/c1-5-31(33(38)34-27-10-6-7-11-27)35(22-26-9-8-12-29(21-26)41-4)32(37)23-36(28-17-13-24(2)14-18-28)42(39,40)30-19-15-25(3)16-20-30/h8-9,12-21,27,31H,5-7,10-11,22-23H2,1-4H3,(H,34,38). The van der Waals surface area contributed by atoms with E-state index < -0.39 is 28.5 Å². The molecular formula is C33H41N3O5S. The van der Waals surface area contributed by atoms with E-state index in [0.717, 1.165) is 46.7 Å². The number of benzene rings is 3. The van der Waals surface area contributed by atoms with Gasteiger partial charge in [0.05, 0.1) is 17.7 Å². The fourth-order valence-electron chi connectivity index (χ4n) is 5.33. The van der Waals surface area contributed by atoms with Gasteiger partial charge in [-0.15, -0.1) is 0 Å². The Balaban J connectivity index is 1.71. The molecule has 224 valence electrons. The molecule has 3 aromatic carbocycles. The first-order valence-corrected chi connectivity index (χ1v) is 15.9. The number of rotatable bonds is 12. The monoisotopic (exact) mass is 591 g/mol. The maximum absolute atomic E-state index is 14.2. The smallest absolute Gasteiger partial charge is 0.264 e. The van der Waals surface area contributed by atoms with Gasteiger partial charge in [0.25, 0.3) is 10.0 Å². The molecule has 1 atom stereocenters. The SMILES string of the molecule is CCC(C(=O)NC1CCCC1)N(Cc1cccc(OC)c1)C(=O)CN(c1ccc(C)cc1)S(=O)(=O)c1ccc(C)cc1. The molecule has 42 heavy (non-hydrogen) atoms. The second kappa shape index (κ2) is 13.9. The minimum absolute atomic E-state index is 0.0892. The Morgan fingerprint density at radius 1 is 0.952 bits per heavy atom. The number of methoxy groups -OCH3 is 1. The molecule has 0 spiro atoms. The van der Waals surface area contributed by atoms with Crippen LogP contribution in [0, 0.1) is 13.8 Å². The lowest BCUT2D eigenvalue weighted by molar-refractivity contribution is -0.140. The van der Waals surface area contributed by atoms with E-state index in [-0.39, 0.29) is 23.4 Å². The topological polar surface area (TPSA) is 96.0 Å². The van der Waals surface area contributed by atoms with Gasteiger partial charge in [-0.05, 0) is 75.1 Å². The van der Waals surface area contributed by atoms with E-state index in [0.29, 0.717) is 17.9 Å². The van der Waals surface area contributed by atoms with Crippen molar-refractivity contribution in [3.8, 4) is 5.75 Å². The zero-order chi connectivity index (χ0) is 30.3. The zero-order valence-corrected chi connectivity index (χ0v) is 25.7. The van der Waals surface area contributed by atoms with E-state index in [2.05, 4.69) is 5.32 Å². The third-order valence-electron chi connectivity index (χ3n) is 7.78. The van der Waals surface area contributed by atoms with Crippen molar-refractivity contribution < 1.29 is 22.7 Å². The molecule has 0 radical (unpaired) electrons. The van der Waals surface area contributed by atoms with Crippen LogP contribution in [0.5, 0.6) is 5.75 Å². The fourth-order valence-corrected chi connectivity index (χ4v) is 6.75. The van der Waals surface area contributed by atoms with Crippen LogP contribution in [0.15, 0.2) is 77.7 Å². The average Bonchev–Trinajstić information content (AvgIpc) is 3.49. The van der Waals surface area contributed by atoms with Crippen molar-refractivity contribution in [2.24, 2.45) is 0 Å². The van der Waals surface area contributed by atoms with E-state index in [1.165, 1.54) is 4.90 Å². The summed E-state index contributed by atoms with van der Waals surface area (Å²) in [6.45, 7) is 5.33. The van der Waals surface area contributed by atoms with Gasteiger partial charge >= 0.3 is 0 Å². The lowest BCUT2D eigenvalue weighted by Gasteiger charge is -2.34.